The number of nitrogens with one attached hydrogen (secondary N) is 1. The Bertz CT molecular complexity index is 687. The van der Waals surface area contributed by atoms with Crippen LogP contribution in [0.1, 0.15) is 19.0 Å². The highest BCUT2D eigenvalue weighted by atomic mass is 32.1. The molecule has 1 aromatic carbocycles. The van der Waals surface area contributed by atoms with Crippen molar-refractivity contribution in [3.05, 3.63) is 29.3 Å². The lowest BCUT2D eigenvalue weighted by atomic mass is 10.2. The van der Waals surface area contributed by atoms with Crippen LogP contribution >= 0.6 is 11.3 Å². The third-order valence-corrected chi connectivity index (χ3v) is 4.46. The number of amides is 1. The summed E-state index contributed by atoms with van der Waals surface area (Å²) in [6.07, 6.45) is 1.09. The maximum Gasteiger partial charge on any atom is 0.226 e. The number of thiazole rings is 1. The summed E-state index contributed by atoms with van der Waals surface area (Å²) >= 11 is 1.50. The number of aromatic nitrogens is 1. The summed E-state index contributed by atoms with van der Waals surface area (Å²) in [5, 5.41) is 5.64. The van der Waals surface area contributed by atoms with Crippen LogP contribution in [0.4, 0.5) is 0 Å². The molecule has 7 heteroatoms. The molecule has 0 unspecified atom stereocenters. The van der Waals surface area contributed by atoms with Crippen LogP contribution < -0.4 is 14.8 Å². The molecule has 0 aliphatic rings. The second kappa shape index (κ2) is 10.0. The Morgan fingerprint density at radius 3 is 2.76 bits per heavy atom. The smallest absolute Gasteiger partial charge is 0.226 e. The minimum atomic E-state index is -0.0272. The van der Waals surface area contributed by atoms with E-state index in [0.717, 1.165) is 22.7 Å². The summed E-state index contributed by atoms with van der Waals surface area (Å²) in [6.45, 7) is 3.94. The van der Waals surface area contributed by atoms with Crippen LogP contribution in [-0.4, -0.2) is 44.9 Å². The van der Waals surface area contributed by atoms with E-state index in [-0.39, 0.29) is 12.3 Å². The fraction of sp³-hybridized carbons (Fsp3) is 0.444. The zero-order valence-electron chi connectivity index (χ0n) is 14.8. The topological polar surface area (TPSA) is 69.7 Å². The van der Waals surface area contributed by atoms with Gasteiger partial charge in [-0.2, -0.15) is 0 Å². The summed E-state index contributed by atoms with van der Waals surface area (Å²) < 4.78 is 15.8. The average Bonchev–Trinajstić information content (AvgIpc) is 3.09. The van der Waals surface area contributed by atoms with Gasteiger partial charge in [0, 0.05) is 30.7 Å². The van der Waals surface area contributed by atoms with Crippen LogP contribution in [-0.2, 0) is 16.0 Å². The van der Waals surface area contributed by atoms with Gasteiger partial charge in [-0.1, -0.05) is 0 Å². The van der Waals surface area contributed by atoms with Crippen molar-refractivity contribution in [1.82, 2.24) is 10.3 Å². The SMILES string of the molecule is CCOCCCNC(=O)Cc1csc(-c2ccc(OC)c(OC)c2)n1. The van der Waals surface area contributed by atoms with Crippen molar-refractivity contribution in [2.75, 3.05) is 34.0 Å². The molecule has 1 N–H and O–H groups in total. The van der Waals surface area contributed by atoms with E-state index in [1.807, 2.05) is 30.5 Å². The number of carbonyl (C=O) groups is 1. The molecule has 0 saturated carbocycles. The molecule has 0 aliphatic heterocycles. The highest BCUT2D eigenvalue weighted by molar-refractivity contribution is 7.13. The first-order chi connectivity index (χ1) is 12.2. The molecule has 0 radical (unpaired) electrons. The van der Waals surface area contributed by atoms with Crippen molar-refractivity contribution >= 4 is 17.2 Å². The molecule has 0 fully saturated rings. The van der Waals surface area contributed by atoms with Gasteiger partial charge in [0.25, 0.3) is 0 Å². The van der Waals surface area contributed by atoms with Crippen molar-refractivity contribution in [3.8, 4) is 22.1 Å². The molecule has 2 rings (SSSR count). The van der Waals surface area contributed by atoms with Crippen LogP contribution in [0.25, 0.3) is 10.6 Å². The second-order valence-corrected chi connectivity index (χ2v) is 6.15. The molecule has 1 amide bonds. The van der Waals surface area contributed by atoms with Gasteiger partial charge in [0.2, 0.25) is 5.91 Å². The fourth-order valence-corrected chi connectivity index (χ4v) is 3.08. The first-order valence-corrected chi connectivity index (χ1v) is 9.07. The van der Waals surface area contributed by atoms with Crippen LogP contribution in [0.5, 0.6) is 11.5 Å². The molecule has 0 saturated heterocycles. The molecule has 2 aromatic rings. The Morgan fingerprint density at radius 1 is 1.24 bits per heavy atom. The summed E-state index contributed by atoms with van der Waals surface area (Å²) in [5.41, 5.74) is 1.70. The highest BCUT2D eigenvalue weighted by Gasteiger charge is 2.11. The Hall–Kier alpha value is -2.12. The lowest BCUT2D eigenvalue weighted by Crippen LogP contribution is -2.26. The van der Waals surface area contributed by atoms with E-state index in [9.17, 15) is 4.79 Å². The third kappa shape index (κ3) is 5.72. The normalized spacial score (nSPS) is 10.5. The van der Waals surface area contributed by atoms with Crippen LogP contribution in [0.2, 0.25) is 0 Å². The molecular weight excluding hydrogens is 340 g/mol. The van der Waals surface area contributed by atoms with Crippen molar-refractivity contribution in [3.63, 3.8) is 0 Å². The van der Waals surface area contributed by atoms with E-state index in [4.69, 9.17) is 14.2 Å². The quantitative estimate of drug-likeness (QED) is 0.657. The summed E-state index contributed by atoms with van der Waals surface area (Å²) in [7, 11) is 3.21. The molecule has 0 aliphatic carbocycles. The zero-order chi connectivity index (χ0) is 18.1. The van der Waals surface area contributed by atoms with E-state index in [1.165, 1.54) is 11.3 Å². The largest absolute Gasteiger partial charge is 0.493 e. The molecule has 6 nitrogen and oxygen atoms in total. The molecule has 25 heavy (non-hydrogen) atoms. The van der Waals surface area contributed by atoms with Crippen LogP contribution in [0.3, 0.4) is 0 Å². The average molecular weight is 364 g/mol. The zero-order valence-corrected chi connectivity index (χ0v) is 15.6. The van der Waals surface area contributed by atoms with Gasteiger partial charge in [0.15, 0.2) is 11.5 Å². The number of methoxy groups -OCH3 is 2. The van der Waals surface area contributed by atoms with Crippen molar-refractivity contribution in [1.29, 1.82) is 0 Å². The summed E-state index contributed by atoms with van der Waals surface area (Å²) in [6, 6.07) is 5.66. The van der Waals surface area contributed by atoms with E-state index >= 15 is 0 Å². The Kier molecular flexibility index (Phi) is 7.69. The van der Waals surface area contributed by atoms with E-state index in [0.29, 0.717) is 31.3 Å². The lowest BCUT2D eigenvalue weighted by molar-refractivity contribution is -0.120. The van der Waals surface area contributed by atoms with E-state index < -0.39 is 0 Å². The van der Waals surface area contributed by atoms with Gasteiger partial charge in [0.1, 0.15) is 5.01 Å². The maximum atomic E-state index is 12.0. The number of carbonyl (C=O) groups excluding carboxylic acids is 1. The van der Waals surface area contributed by atoms with Gasteiger partial charge in [-0.15, -0.1) is 11.3 Å². The summed E-state index contributed by atoms with van der Waals surface area (Å²) in [4.78, 5) is 16.5. The van der Waals surface area contributed by atoms with Gasteiger partial charge in [-0.3, -0.25) is 4.79 Å². The lowest BCUT2D eigenvalue weighted by Gasteiger charge is -2.08. The monoisotopic (exact) mass is 364 g/mol. The first kappa shape index (κ1) is 19.2. The van der Waals surface area contributed by atoms with Crippen molar-refractivity contribution in [2.45, 2.75) is 19.8 Å². The minimum absolute atomic E-state index is 0.0272. The Labute approximate surface area is 152 Å². The Morgan fingerprint density at radius 2 is 2.04 bits per heavy atom. The first-order valence-electron chi connectivity index (χ1n) is 8.19. The van der Waals surface area contributed by atoms with Gasteiger partial charge in [-0.05, 0) is 31.5 Å². The summed E-state index contributed by atoms with van der Waals surface area (Å²) in [5.74, 6) is 1.30. The standard InChI is InChI=1S/C18H24N2O4S/c1-4-24-9-5-8-19-17(21)11-14-12-25-18(20-14)13-6-7-15(22-2)16(10-13)23-3/h6-7,10,12H,4-5,8-9,11H2,1-3H3,(H,19,21). The van der Waals surface area contributed by atoms with Crippen molar-refractivity contribution < 1.29 is 19.0 Å². The second-order valence-electron chi connectivity index (χ2n) is 5.29. The fourth-order valence-electron chi connectivity index (χ4n) is 2.26. The van der Waals surface area contributed by atoms with Gasteiger partial charge in [-0.25, -0.2) is 4.98 Å². The van der Waals surface area contributed by atoms with Gasteiger partial charge in [0.05, 0.1) is 26.3 Å². The predicted molar refractivity (Wildman–Crippen MR) is 98.5 cm³/mol. The number of hydrogen-bond donors (Lipinski definition) is 1. The highest BCUT2D eigenvalue weighted by Crippen LogP contribution is 2.33. The van der Waals surface area contributed by atoms with Crippen molar-refractivity contribution in [2.24, 2.45) is 0 Å². The number of hydrogen-bond acceptors (Lipinski definition) is 6. The molecule has 0 atom stereocenters. The van der Waals surface area contributed by atoms with Gasteiger partial charge >= 0.3 is 0 Å². The number of rotatable bonds is 10. The van der Waals surface area contributed by atoms with Gasteiger partial charge < -0.3 is 19.5 Å². The molecule has 0 spiro atoms. The number of benzene rings is 1. The minimum Gasteiger partial charge on any atom is -0.493 e. The third-order valence-electron chi connectivity index (χ3n) is 3.52. The van der Waals surface area contributed by atoms with Crippen LogP contribution in [0.15, 0.2) is 23.6 Å². The Balaban J connectivity index is 1.92. The molecule has 0 bridgehead atoms. The number of nitrogens with zero attached hydrogens (tertiary/aromatic N) is 1. The predicted octanol–water partition coefficient (Wildman–Crippen LogP) is 2.91. The molecular formula is C18H24N2O4S. The van der Waals surface area contributed by atoms with Crippen LogP contribution in [0, 0.1) is 0 Å². The molecule has 1 aromatic heterocycles. The number of ether oxygens (including phenoxy) is 3. The van der Waals surface area contributed by atoms with E-state index in [1.54, 1.807) is 14.2 Å². The van der Waals surface area contributed by atoms with E-state index in [2.05, 4.69) is 10.3 Å². The molecule has 136 valence electrons. The molecule has 1 heterocycles. The maximum absolute atomic E-state index is 12.0.